The Morgan fingerprint density at radius 1 is 1.12 bits per heavy atom. The number of fused-ring (bicyclic) bond motifs is 1. The Bertz CT molecular complexity index is 1000. The number of halogens is 1. The molecule has 1 heterocycles. The number of H-pyrrole nitrogens is 1. The molecule has 0 fully saturated rings. The fraction of sp³-hybridized carbons (Fsp3) is 0.133. The summed E-state index contributed by atoms with van der Waals surface area (Å²) in [6, 6.07) is 7.77. The van der Waals surface area contributed by atoms with Crippen molar-refractivity contribution in [1.82, 2.24) is 10.2 Å². The van der Waals surface area contributed by atoms with Crippen molar-refractivity contribution in [1.29, 1.82) is 0 Å². The van der Waals surface area contributed by atoms with E-state index in [2.05, 4.69) is 14.9 Å². The molecule has 1 aromatic heterocycles. The monoisotopic (exact) mass is 367 g/mol. The predicted octanol–water partition coefficient (Wildman–Crippen LogP) is 3.03. The zero-order chi connectivity index (χ0) is 17.3. The Labute approximate surface area is 143 Å². The number of hydrogen-bond acceptors (Lipinski definition) is 5. The lowest BCUT2D eigenvalue weighted by Gasteiger charge is -2.14. The summed E-state index contributed by atoms with van der Waals surface area (Å²) in [4.78, 5) is -0.0732. The zero-order valence-corrected chi connectivity index (χ0v) is 14.4. The molecule has 9 heteroatoms. The Morgan fingerprint density at radius 3 is 2.58 bits per heavy atom. The van der Waals surface area contributed by atoms with Crippen LogP contribution >= 0.6 is 11.6 Å². The van der Waals surface area contributed by atoms with Crippen LogP contribution in [0.4, 0.5) is 5.69 Å². The van der Waals surface area contributed by atoms with Gasteiger partial charge in [0.25, 0.3) is 10.0 Å². The molecule has 0 saturated carbocycles. The first-order valence-electron chi connectivity index (χ1n) is 6.82. The lowest BCUT2D eigenvalue weighted by Crippen LogP contribution is -2.14. The van der Waals surface area contributed by atoms with E-state index in [1.807, 2.05) is 0 Å². The number of nitrogens with one attached hydrogen (secondary N) is 2. The van der Waals surface area contributed by atoms with Gasteiger partial charge in [0, 0.05) is 17.5 Å². The summed E-state index contributed by atoms with van der Waals surface area (Å²) in [7, 11) is -1.13. The first-order chi connectivity index (χ1) is 11.4. The largest absolute Gasteiger partial charge is 0.495 e. The summed E-state index contributed by atoms with van der Waals surface area (Å²) in [5, 5.41) is 7.83. The molecule has 0 atom stereocenters. The Hall–Kier alpha value is -2.45. The molecule has 0 bridgehead atoms. The van der Waals surface area contributed by atoms with Gasteiger partial charge < -0.3 is 9.47 Å². The smallest absolute Gasteiger partial charge is 0.265 e. The Balaban J connectivity index is 2.03. The van der Waals surface area contributed by atoms with Crippen molar-refractivity contribution >= 4 is 38.2 Å². The van der Waals surface area contributed by atoms with E-state index in [-0.39, 0.29) is 21.4 Å². The molecule has 2 aromatic carbocycles. The molecule has 2 N–H and O–H groups in total. The van der Waals surface area contributed by atoms with Gasteiger partial charge in [-0.25, -0.2) is 8.42 Å². The molecule has 0 amide bonds. The number of anilines is 1. The third-order valence-electron chi connectivity index (χ3n) is 3.42. The molecule has 3 aromatic rings. The third kappa shape index (κ3) is 2.98. The lowest BCUT2D eigenvalue weighted by atomic mass is 10.2. The van der Waals surface area contributed by atoms with Gasteiger partial charge in [-0.1, -0.05) is 11.6 Å². The maximum Gasteiger partial charge on any atom is 0.265 e. The topological polar surface area (TPSA) is 93.3 Å². The Kier molecular flexibility index (Phi) is 4.25. The number of nitrogens with zero attached hydrogens (tertiary/aromatic N) is 1. The summed E-state index contributed by atoms with van der Waals surface area (Å²) >= 11 is 6.01. The highest BCUT2D eigenvalue weighted by Gasteiger charge is 2.22. The van der Waals surface area contributed by atoms with Crippen LogP contribution in [0.2, 0.25) is 5.02 Å². The molecule has 7 nitrogen and oxygen atoms in total. The van der Waals surface area contributed by atoms with Crippen molar-refractivity contribution in [2.75, 3.05) is 18.9 Å². The van der Waals surface area contributed by atoms with Gasteiger partial charge in [0.2, 0.25) is 0 Å². The van der Waals surface area contributed by atoms with E-state index in [1.165, 1.54) is 26.4 Å². The van der Waals surface area contributed by atoms with Crippen molar-refractivity contribution in [3.63, 3.8) is 0 Å². The summed E-state index contributed by atoms with van der Waals surface area (Å²) in [5.74, 6) is 0.359. The summed E-state index contributed by atoms with van der Waals surface area (Å²) < 4.78 is 38.2. The van der Waals surface area contributed by atoms with Gasteiger partial charge in [0.1, 0.15) is 16.4 Å². The third-order valence-corrected chi connectivity index (χ3v) is 5.12. The van der Waals surface area contributed by atoms with Gasteiger partial charge in [0.05, 0.1) is 36.6 Å². The van der Waals surface area contributed by atoms with E-state index >= 15 is 0 Å². The molecular weight excluding hydrogens is 354 g/mol. The highest BCUT2D eigenvalue weighted by molar-refractivity contribution is 7.92. The molecule has 0 aliphatic carbocycles. The van der Waals surface area contributed by atoms with Crippen LogP contribution < -0.4 is 14.2 Å². The molecular formula is C15H14ClN3O4S. The van der Waals surface area contributed by atoms with Crippen molar-refractivity contribution in [2.45, 2.75) is 4.90 Å². The van der Waals surface area contributed by atoms with E-state index in [4.69, 9.17) is 21.1 Å². The summed E-state index contributed by atoms with van der Waals surface area (Å²) in [6.07, 6.45) is 1.65. The van der Waals surface area contributed by atoms with Crippen molar-refractivity contribution in [2.24, 2.45) is 0 Å². The first-order valence-corrected chi connectivity index (χ1v) is 8.68. The second kappa shape index (κ2) is 6.21. The van der Waals surface area contributed by atoms with Crippen molar-refractivity contribution in [3.05, 3.63) is 41.6 Å². The lowest BCUT2D eigenvalue weighted by molar-refractivity contribution is 0.392. The van der Waals surface area contributed by atoms with Crippen LogP contribution in [0.15, 0.2) is 41.4 Å². The Morgan fingerprint density at radius 2 is 1.88 bits per heavy atom. The van der Waals surface area contributed by atoms with Gasteiger partial charge in [-0.15, -0.1) is 0 Å². The SMILES string of the molecule is COc1cc(S(=O)(=O)Nc2ccc3cn[nH]c3c2)c(OC)cc1Cl. The number of sulfonamides is 1. The minimum absolute atomic E-state index is 0.0732. The number of benzene rings is 2. The highest BCUT2D eigenvalue weighted by atomic mass is 35.5. The fourth-order valence-corrected chi connectivity index (χ4v) is 3.70. The molecule has 0 radical (unpaired) electrons. The molecule has 0 saturated heterocycles. The van der Waals surface area contributed by atoms with Crippen LogP contribution in [-0.4, -0.2) is 32.8 Å². The predicted molar refractivity (Wildman–Crippen MR) is 91.5 cm³/mol. The van der Waals surface area contributed by atoms with E-state index in [1.54, 1.807) is 24.4 Å². The van der Waals surface area contributed by atoms with Crippen LogP contribution in [0, 0.1) is 0 Å². The van der Waals surface area contributed by atoms with Gasteiger partial charge >= 0.3 is 0 Å². The van der Waals surface area contributed by atoms with Gasteiger partial charge in [-0.3, -0.25) is 9.82 Å². The van der Waals surface area contributed by atoms with Crippen molar-refractivity contribution in [3.8, 4) is 11.5 Å². The fourth-order valence-electron chi connectivity index (χ4n) is 2.25. The molecule has 0 aliphatic heterocycles. The van der Waals surface area contributed by atoms with Crippen LogP contribution in [0.25, 0.3) is 10.9 Å². The van der Waals surface area contributed by atoms with Crippen LogP contribution in [0.5, 0.6) is 11.5 Å². The van der Waals surface area contributed by atoms with Crippen LogP contribution in [0.1, 0.15) is 0 Å². The van der Waals surface area contributed by atoms with Gasteiger partial charge in [0.15, 0.2) is 0 Å². The second-order valence-corrected chi connectivity index (χ2v) is 6.97. The average Bonchev–Trinajstić information content (AvgIpc) is 3.01. The van der Waals surface area contributed by atoms with Gasteiger partial charge in [-0.2, -0.15) is 5.10 Å². The first kappa shape index (κ1) is 16.4. The number of rotatable bonds is 5. The number of aromatic amines is 1. The second-order valence-electron chi connectivity index (χ2n) is 4.92. The molecule has 126 valence electrons. The number of methoxy groups -OCH3 is 2. The maximum atomic E-state index is 12.7. The van der Waals surface area contributed by atoms with Crippen LogP contribution in [0.3, 0.4) is 0 Å². The van der Waals surface area contributed by atoms with Gasteiger partial charge in [-0.05, 0) is 18.2 Å². The summed E-state index contributed by atoms with van der Waals surface area (Å²) in [5.41, 5.74) is 1.11. The maximum absolute atomic E-state index is 12.7. The van der Waals surface area contributed by atoms with E-state index < -0.39 is 10.0 Å². The minimum atomic E-state index is -3.91. The quantitative estimate of drug-likeness (QED) is 0.723. The molecule has 0 aliphatic rings. The van der Waals surface area contributed by atoms with Crippen LogP contribution in [-0.2, 0) is 10.0 Å². The van der Waals surface area contributed by atoms with Crippen molar-refractivity contribution < 1.29 is 17.9 Å². The summed E-state index contributed by atoms with van der Waals surface area (Å²) in [6.45, 7) is 0. The van der Waals surface area contributed by atoms with E-state index in [9.17, 15) is 8.42 Å². The zero-order valence-electron chi connectivity index (χ0n) is 12.8. The highest BCUT2D eigenvalue weighted by Crippen LogP contribution is 2.35. The number of ether oxygens (including phenoxy) is 2. The van der Waals surface area contributed by atoms with E-state index in [0.29, 0.717) is 5.69 Å². The molecule has 0 unspecified atom stereocenters. The molecule has 3 rings (SSSR count). The normalized spacial score (nSPS) is 11.5. The standard InChI is InChI=1S/C15H14ClN3O4S/c1-22-13-7-15(14(23-2)6-11(13)16)24(20,21)19-10-4-3-9-8-17-18-12(9)5-10/h3-8,19H,1-2H3,(H,17,18). The number of hydrogen-bond donors (Lipinski definition) is 2. The van der Waals surface area contributed by atoms with E-state index in [0.717, 1.165) is 10.9 Å². The number of aromatic nitrogens is 2. The molecule has 24 heavy (non-hydrogen) atoms. The average molecular weight is 368 g/mol. The molecule has 0 spiro atoms. The minimum Gasteiger partial charge on any atom is -0.495 e.